The molecule has 1 atom stereocenters. The van der Waals surface area contributed by atoms with Gasteiger partial charge in [0.25, 0.3) is 5.91 Å². The molecule has 0 N–H and O–H groups in total. The monoisotopic (exact) mass is 347 g/mol. The first-order valence-electron chi connectivity index (χ1n) is 8.43. The molecule has 1 amide bonds. The number of amides is 1. The molecule has 2 aromatic heterocycles. The summed E-state index contributed by atoms with van der Waals surface area (Å²) in [7, 11) is 2.02. The normalized spacial score (nSPS) is 18.4. The van der Waals surface area contributed by atoms with Gasteiger partial charge >= 0.3 is 0 Å². The van der Waals surface area contributed by atoms with Gasteiger partial charge < -0.3 is 9.42 Å². The van der Waals surface area contributed by atoms with Crippen LogP contribution in [-0.4, -0.2) is 57.0 Å². The zero-order valence-electron chi connectivity index (χ0n) is 14.5. The average molecular weight is 347 g/mol. The van der Waals surface area contributed by atoms with Crippen molar-refractivity contribution >= 4 is 5.91 Å². The maximum Gasteiger partial charge on any atom is 0.256 e. The van der Waals surface area contributed by atoms with Gasteiger partial charge in [0.05, 0.1) is 18.3 Å². The van der Waals surface area contributed by atoms with Crippen LogP contribution in [0.2, 0.25) is 0 Å². The highest BCUT2D eigenvalue weighted by Gasteiger charge is 2.25. The first-order chi connectivity index (χ1) is 12.0. The predicted octanol–water partition coefficient (Wildman–Crippen LogP) is 2.04. The highest BCUT2D eigenvalue weighted by molar-refractivity contribution is 5.94. The van der Waals surface area contributed by atoms with Crippen LogP contribution in [0.25, 0.3) is 0 Å². The lowest BCUT2D eigenvalue weighted by atomic mass is 10.1. The fraction of sp³-hybridized carbons (Fsp3) is 0.529. The molecular formula is C17H22FN5O2. The number of hydrogen-bond acceptors (Lipinski definition) is 6. The second-order valence-electron chi connectivity index (χ2n) is 6.38. The Labute approximate surface area is 145 Å². The number of carbonyl (C=O) groups is 1. The molecule has 3 heterocycles. The summed E-state index contributed by atoms with van der Waals surface area (Å²) in [6.45, 7) is 3.60. The van der Waals surface area contributed by atoms with Crippen LogP contribution in [0.5, 0.6) is 0 Å². The van der Waals surface area contributed by atoms with Crippen LogP contribution in [0.3, 0.4) is 0 Å². The van der Waals surface area contributed by atoms with Crippen LogP contribution in [0.4, 0.5) is 4.39 Å². The van der Waals surface area contributed by atoms with Gasteiger partial charge in [0.15, 0.2) is 11.6 Å². The minimum absolute atomic E-state index is 0.0871. The Kier molecular flexibility index (Phi) is 5.37. The van der Waals surface area contributed by atoms with E-state index in [0.717, 1.165) is 25.5 Å². The van der Waals surface area contributed by atoms with Gasteiger partial charge in [0.1, 0.15) is 0 Å². The van der Waals surface area contributed by atoms with Gasteiger partial charge in [-0.3, -0.25) is 14.7 Å². The van der Waals surface area contributed by atoms with Gasteiger partial charge in [-0.2, -0.15) is 4.98 Å². The van der Waals surface area contributed by atoms with Crippen molar-refractivity contribution in [2.75, 3.05) is 20.1 Å². The number of carbonyl (C=O) groups excluding carboxylic acids is 1. The highest BCUT2D eigenvalue weighted by Crippen LogP contribution is 2.19. The predicted molar refractivity (Wildman–Crippen MR) is 88.2 cm³/mol. The Balaban J connectivity index is 1.60. The van der Waals surface area contributed by atoms with Crippen LogP contribution in [0.1, 0.15) is 41.3 Å². The average Bonchev–Trinajstić information content (AvgIpc) is 2.86. The van der Waals surface area contributed by atoms with E-state index in [1.54, 1.807) is 11.8 Å². The topological polar surface area (TPSA) is 75.4 Å². The smallest absolute Gasteiger partial charge is 0.256 e. The molecule has 0 saturated carbocycles. The number of likely N-dealkylation sites (tertiary alicyclic amines) is 1. The number of nitrogens with zero attached hydrogens (tertiary/aromatic N) is 5. The largest absolute Gasteiger partial charge is 0.340 e. The van der Waals surface area contributed by atoms with Crippen LogP contribution in [0.15, 0.2) is 23.0 Å². The minimum Gasteiger partial charge on any atom is -0.340 e. The Morgan fingerprint density at radius 3 is 3.00 bits per heavy atom. The van der Waals surface area contributed by atoms with Crippen LogP contribution in [-0.2, 0) is 6.54 Å². The third-order valence-electron chi connectivity index (χ3n) is 4.57. The van der Waals surface area contributed by atoms with Gasteiger partial charge in [-0.25, -0.2) is 4.39 Å². The first-order valence-corrected chi connectivity index (χ1v) is 8.43. The van der Waals surface area contributed by atoms with Crippen LogP contribution < -0.4 is 0 Å². The third kappa shape index (κ3) is 4.19. The molecular weight excluding hydrogens is 325 g/mol. The van der Waals surface area contributed by atoms with Crippen molar-refractivity contribution in [1.82, 2.24) is 24.9 Å². The second-order valence-corrected chi connectivity index (χ2v) is 6.38. The SMILES string of the molecule is Cc1nc(CN(C)C2CCCN(C(=O)c3ccncc3F)CC2)no1. The second kappa shape index (κ2) is 7.69. The quantitative estimate of drug-likeness (QED) is 0.842. The summed E-state index contributed by atoms with van der Waals surface area (Å²) in [5.74, 6) is 0.381. The van der Waals surface area contributed by atoms with E-state index < -0.39 is 5.82 Å². The van der Waals surface area contributed by atoms with Crippen molar-refractivity contribution in [2.24, 2.45) is 0 Å². The van der Waals surface area contributed by atoms with E-state index in [1.807, 2.05) is 7.05 Å². The summed E-state index contributed by atoms with van der Waals surface area (Å²) in [4.78, 5) is 24.4. The number of hydrogen-bond donors (Lipinski definition) is 0. The molecule has 3 rings (SSSR count). The molecule has 0 bridgehead atoms. The van der Waals surface area contributed by atoms with E-state index in [4.69, 9.17) is 4.52 Å². The summed E-state index contributed by atoms with van der Waals surface area (Å²) in [6.07, 6.45) is 5.19. The molecule has 134 valence electrons. The van der Waals surface area contributed by atoms with Crippen molar-refractivity contribution in [2.45, 2.75) is 38.8 Å². The zero-order valence-corrected chi connectivity index (χ0v) is 14.5. The lowest BCUT2D eigenvalue weighted by molar-refractivity contribution is 0.0752. The van der Waals surface area contributed by atoms with Gasteiger partial charge in [-0.15, -0.1) is 0 Å². The Bertz CT molecular complexity index is 735. The number of aryl methyl sites for hydroxylation is 1. The van der Waals surface area contributed by atoms with E-state index in [9.17, 15) is 9.18 Å². The Morgan fingerprint density at radius 2 is 2.28 bits per heavy atom. The van der Waals surface area contributed by atoms with E-state index >= 15 is 0 Å². The first kappa shape index (κ1) is 17.5. The summed E-state index contributed by atoms with van der Waals surface area (Å²) in [5.41, 5.74) is 0.0871. The van der Waals surface area contributed by atoms with Gasteiger partial charge in [0.2, 0.25) is 5.89 Å². The van der Waals surface area contributed by atoms with E-state index in [-0.39, 0.29) is 11.5 Å². The van der Waals surface area contributed by atoms with Crippen molar-refractivity contribution in [3.05, 3.63) is 41.6 Å². The Hall–Kier alpha value is -2.35. The van der Waals surface area contributed by atoms with E-state index in [0.29, 0.717) is 37.4 Å². The lowest BCUT2D eigenvalue weighted by Gasteiger charge is -2.26. The molecule has 1 aliphatic heterocycles. The molecule has 25 heavy (non-hydrogen) atoms. The number of aromatic nitrogens is 3. The summed E-state index contributed by atoms with van der Waals surface area (Å²) < 4.78 is 18.8. The van der Waals surface area contributed by atoms with Gasteiger partial charge in [-0.1, -0.05) is 5.16 Å². The molecule has 0 spiro atoms. The fourth-order valence-electron chi connectivity index (χ4n) is 3.20. The lowest BCUT2D eigenvalue weighted by Crippen LogP contribution is -2.35. The summed E-state index contributed by atoms with van der Waals surface area (Å²) >= 11 is 0. The Morgan fingerprint density at radius 1 is 1.44 bits per heavy atom. The highest BCUT2D eigenvalue weighted by atomic mass is 19.1. The molecule has 1 aliphatic rings. The van der Waals surface area contributed by atoms with E-state index in [2.05, 4.69) is 20.0 Å². The number of pyridine rings is 1. The summed E-state index contributed by atoms with van der Waals surface area (Å²) in [6, 6.07) is 1.75. The molecule has 1 saturated heterocycles. The molecule has 1 fully saturated rings. The number of rotatable bonds is 4. The zero-order chi connectivity index (χ0) is 17.8. The molecule has 0 radical (unpaired) electrons. The molecule has 1 unspecified atom stereocenters. The van der Waals surface area contributed by atoms with Gasteiger partial charge in [0, 0.05) is 32.3 Å². The number of halogens is 1. The molecule has 7 nitrogen and oxygen atoms in total. The maximum atomic E-state index is 13.8. The third-order valence-corrected chi connectivity index (χ3v) is 4.57. The maximum absolute atomic E-state index is 13.8. The van der Waals surface area contributed by atoms with E-state index in [1.165, 1.54) is 12.3 Å². The van der Waals surface area contributed by atoms with Crippen molar-refractivity contribution < 1.29 is 13.7 Å². The fourth-order valence-corrected chi connectivity index (χ4v) is 3.20. The minimum atomic E-state index is -0.571. The molecule has 2 aromatic rings. The van der Waals surface area contributed by atoms with Crippen molar-refractivity contribution in [3.63, 3.8) is 0 Å². The molecule has 8 heteroatoms. The summed E-state index contributed by atoms with van der Waals surface area (Å²) in [5, 5.41) is 3.93. The van der Waals surface area contributed by atoms with Crippen LogP contribution >= 0.6 is 0 Å². The molecule has 0 aliphatic carbocycles. The van der Waals surface area contributed by atoms with Gasteiger partial charge in [-0.05, 0) is 32.4 Å². The van der Waals surface area contributed by atoms with Crippen molar-refractivity contribution in [1.29, 1.82) is 0 Å². The van der Waals surface area contributed by atoms with Crippen molar-refractivity contribution in [3.8, 4) is 0 Å². The standard InChI is InChI=1S/C17H22FN5O2/c1-12-20-16(21-25-12)11-22(2)13-4-3-8-23(9-6-13)17(24)14-5-7-19-10-15(14)18/h5,7,10,13H,3-4,6,8-9,11H2,1-2H3. The van der Waals surface area contributed by atoms with Crippen LogP contribution in [0, 0.1) is 12.7 Å². The molecule has 0 aromatic carbocycles.